The molecule has 1 aliphatic rings. The highest BCUT2D eigenvalue weighted by atomic mass is 16.4. The van der Waals surface area contributed by atoms with Gasteiger partial charge in [-0.15, -0.1) is 0 Å². The van der Waals surface area contributed by atoms with Crippen molar-refractivity contribution in [3.63, 3.8) is 0 Å². The number of amides is 1. The molecule has 4 heteroatoms. The van der Waals surface area contributed by atoms with Crippen molar-refractivity contribution in [2.75, 3.05) is 6.54 Å². The van der Waals surface area contributed by atoms with Crippen LogP contribution in [0.15, 0.2) is 0 Å². The highest BCUT2D eigenvalue weighted by Gasteiger charge is 2.40. The largest absolute Gasteiger partial charge is 0.481 e. The maximum absolute atomic E-state index is 12.8. The Morgan fingerprint density at radius 2 is 1.70 bits per heavy atom. The number of rotatable bonds is 7. The van der Waals surface area contributed by atoms with Crippen LogP contribution in [-0.2, 0) is 9.59 Å². The molecule has 1 N–H and O–H groups in total. The van der Waals surface area contributed by atoms with Gasteiger partial charge >= 0.3 is 5.97 Å². The zero-order valence-corrected chi connectivity index (χ0v) is 13.3. The molecule has 1 aliphatic carbocycles. The number of carbonyl (C=O) groups excluding carboxylic acids is 1. The number of aliphatic carboxylic acids is 1. The number of nitrogens with zero attached hydrogens (tertiary/aromatic N) is 1. The Balaban J connectivity index is 2.89. The van der Waals surface area contributed by atoms with Crippen LogP contribution >= 0.6 is 0 Å². The minimum atomic E-state index is -0.810. The summed E-state index contributed by atoms with van der Waals surface area (Å²) in [6.07, 6.45) is 4.08. The fourth-order valence-electron chi connectivity index (χ4n) is 3.31. The number of carbonyl (C=O) groups is 2. The van der Waals surface area contributed by atoms with E-state index in [1.54, 1.807) is 0 Å². The van der Waals surface area contributed by atoms with E-state index in [2.05, 4.69) is 27.7 Å². The van der Waals surface area contributed by atoms with Crippen molar-refractivity contribution in [3.05, 3.63) is 0 Å². The predicted molar refractivity (Wildman–Crippen MR) is 79.4 cm³/mol. The zero-order valence-electron chi connectivity index (χ0n) is 13.3. The first-order chi connectivity index (χ1) is 9.42. The molecule has 0 aromatic heterocycles. The molecule has 1 amide bonds. The monoisotopic (exact) mass is 283 g/mol. The first-order valence-corrected chi connectivity index (χ1v) is 7.95. The second kappa shape index (κ2) is 7.65. The SMILES string of the molecule is CCC(CC)N(CC(C)C)C(=O)[C@@H]1CCC[C@@H]1C(=O)O. The van der Waals surface area contributed by atoms with Gasteiger partial charge in [0.1, 0.15) is 0 Å². The zero-order chi connectivity index (χ0) is 15.3. The molecule has 1 fully saturated rings. The molecule has 0 bridgehead atoms. The van der Waals surface area contributed by atoms with E-state index >= 15 is 0 Å². The van der Waals surface area contributed by atoms with Crippen molar-refractivity contribution in [3.8, 4) is 0 Å². The molecule has 0 aromatic carbocycles. The number of carboxylic acid groups (broad SMARTS) is 1. The fourth-order valence-corrected chi connectivity index (χ4v) is 3.31. The van der Waals surface area contributed by atoms with Crippen molar-refractivity contribution < 1.29 is 14.7 Å². The number of hydrogen-bond acceptors (Lipinski definition) is 2. The Morgan fingerprint density at radius 3 is 2.15 bits per heavy atom. The quantitative estimate of drug-likeness (QED) is 0.780. The van der Waals surface area contributed by atoms with Crippen molar-refractivity contribution >= 4 is 11.9 Å². The number of carboxylic acids is 1. The summed E-state index contributed by atoms with van der Waals surface area (Å²) in [6, 6.07) is 0.236. The summed E-state index contributed by atoms with van der Waals surface area (Å²) in [5, 5.41) is 9.28. The first-order valence-electron chi connectivity index (χ1n) is 7.95. The third-order valence-electron chi connectivity index (χ3n) is 4.38. The van der Waals surface area contributed by atoms with Crippen LogP contribution in [0.2, 0.25) is 0 Å². The Labute approximate surface area is 122 Å². The lowest BCUT2D eigenvalue weighted by Gasteiger charge is -2.35. The van der Waals surface area contributed by atoms with Gasteiger partial charge in [-0.3, -0.25) is 9.59 Å². The second-order valence-corrected chi connectivity index (χ2v) is 6.34. The van der Waals surface area contributed by atoms with E-state index in [4.69, 9.17) is 0 Å². The molecule has 0 aliphatic heterocycles. The average molecular weight is 283 g/mol. The van der Waals surface area contributed by atoms with Crippen LogP contribution in [0, 0.1) is 17.8 Å². The van der Waals surface area contributed by atoms with Gasteiger partial charge < -0.3 is 10.0 Å². The fraction of sp³-hybridized carbons (Fsp3) is 0.875. The third-order valence-corrected chi connectivity index (χ3v) is 4.38. The molecule has 0 radical (unpaired) electrons. The van der Waals surface area contributed by atoms with Gasteiger partial charge in [-0.05, 0) is 31.6 Å². The summed E-state index contributed by atoms with van der Waals surface area (Å²) in [5.41, 5.74) is 0. The summed E-state index contributed by atoms with van der Waals surface area (Å²) < 4.78 is 0. The summed E-state index contributed by atoms with van der Waals surface area (Å²) in [4.78, 5) is 26.1. The van der Waals surface area contributed by atoms with Crippen LogP contribution in [0.5, 0.6) is 0 Å². The minimum absolute atomic E-state index is 0.0669. The maximum atomic E-state index is 12.8. The van der Waals surface area contributed by atoms with Gasteiger partial charge in [-0.25, -0.2) is 0 Å². The van der Waals surface area contributed by atoms with Crippen molar-refractivity contribution in [1.29, 1.82) is 0 Å². The maximum Gasteiger partial charge on any atom is 0.307 e. The molecule has 0 saturated heterocycles. The van der Waals surface area contributed by atoms with Gasteiger partial charge in [-0.2, -0.15) is 0 Å². The molecule has 0 unspecified atom stereocenters. The van der Waals surface area contributed by atoms with Crippen LogP contribution in [-0.4, -0.2) is 34.5 Å². The Hall–Kier alpha value is -1.06. The van der Waals surface area contributed by atoms with Gasteiger partial charge in [0.05, 0.1) is 11.8 Å². The molecule has 2 atom stereocenters. The molecule has 4 nitrogen and oxygen atoms in total. The molecule has 1 rings (SSSR count). The van der Waals surface area contributed by atoms with Gasteiger partial charge in [0.25, 0.3) is 0 Å². The van der Waals surface area contributed by atoms with Crippen LogP contribution in [0.25, 0.3) is 0 Å². The van der Waals surface area contributed by atoms with E-state index in [1.165, 1.54) is 0 Å². The highest BCUT2D eigenvalue weighted by molar-refractivity contribution is 5.85. The minimum Gasteiger partial charge on any atom is -0.481 e. The summed E-state index contributed by atoms with van der Waals surface area (Å²) in [7, 11) is 0. The lowest BCUT2D eigenvalue weighted by atomic mass is 9.93. The predicted octanol–water partition coefficient (Wildman–Crippen LogP) is 3.16. The van der Waals surface area contributed by atoms with E-state index in [0.29, 0.717) is 12.3 Å². The van der Waals surface area contributed by atoms with Crippen LogP contribution in [0.4, 0.5) is 0 Å². The molecular formula is C16H29NO3. The van der Waals surface area contributed by atoms with Crippen LogP contribution in [0.1, 0.15) is 59.8 Å². The normalized spacial score (nSPS) is 22.5. The molecule has 0 heterocycles. The topological polar surface area (TPSA) is 57.6 Å². The van der Waals surface area contributed by atoms with Crippen LogP contribution in [0.3, 0.4) is 0 Å². The summed E-state index contributed by atoms with van der Waals surface area (Å²) in [5.74, 6) is -1.13. The lowest BCUT2D eigenvalue weighted by Crippen LogP contribution is -2.46. The standard InChI is InChI=1S/C16H29NO3/c1-5-12(6-2)17(10-11(3)4)15(18)13-8-7-9-14(13)16(19)20/h11-14H,5-10H2,1-4H3,(H,19,20)/t13-,14+/m1/s1. The Kier molecular flexibility index (Phi) is 6.50. The van der Waals surface area contributed by atoms with Gasteiger partial charge in [0.2, 0.25) is 5.91 Å². The first kappa shape index (κ1) is 17.0. The molecule has 0 spiro atoms. The van der Waals surface area contributed by atoms with E-state index in [9.17, 15) is 14.7 Å². The van der Waals surface area contributed by atoms with Gasteiger partial charge in [0, 0.05) is 12.6 Å². The average Bonchev–Trinajstić information content (AvgIpc) is 2.87. The molecule has 20 heavy (non-hydrogen) atoms. The second-order valence-electron chi connectivity index (χ2n) is 6.34. The molecule has 1 saturated carbocycles. The van der Waals surface area contributed by atoms with Gasteiger partial charge in [0.15, 0.2) is 0 Å². The third kappa shape index (κ3) is 3.97. The smallest absolute Gasteiger partial charge is 0.307 e. The van der Waals surface area contributed by atoms with E-state index in [0.717, 1.165) is 32.2 Å². The molecular weight excluding hydrogens is 254 g/mol. The Morgan fingerprint density at radius 1 is 1.15 bits per heavy atom. The Bertz CT molecular complexity index is 337. The van der Waals surface area contributed by atoms with Gasteiger partial charge in [-0.1, -0.05) is 34.1 Å². The van der Waals surface area contributed by atoms with Crippen molar-refractivity contribution in [2.24, 2.45) is 17.8 Å². The van der Waals surface area contributed by atoms with Crippen LogP contribution < -0.4 is 0 Å². The lowest BCUT2D eigenvalue weighted by molar-refractivity contribution is -0.150. The van der Waals surface area contributed by atoms with E-state index in [1.807, 2.05) is 4.90 Å². The summed E-state index contributed by atoms with van der Waals surface area (Å²) >= 11 is 0. The number of hydrogen-bond donors (Lipinski definition) is 1. The van der Waals surface area contributed by atoms with Crippen molar-refractivity contribution in [1.82, 2.24) is 4.90 Å². The summed E-state index contributed by atoms with van der Waals surface area (Å²) in [6.45, 7) is 9.13. The van der Waals surface area contributed by atoms with E-state index < -0.39 is 11.9 Å². The molecule has 116 valence electrons. The molecule has 0 aromatic rings. The van der Waals surface area contributed by atoms with E-state index in [-0.39, 0.29) is 17.9 Å². The van der Waals surface area contributed by atoms with Crippen molar-refractivity contribution in [2.45, 2.75) is 65.8 Å². The highest BCUT2D eigenvalue weighted by Crippen LogP contribution is 2.34.